The SMILES string of the molecule is COC(=O)c1ccc(F)c(CNC(=O)c2cn3ccnc3s2)c1. The Labute approximate surface area is 134 Å². The zero-order valence-corrected chi connectivity index (χ0v) is 12.9. The van der Waals surface area contributed by atoms with E-state index in [0.29, 0.717) is 9.84 Å². The summed E-state index contributed by atoms with van der Waals surface area (Å²) in [5, 5.41) is 2.63. The van der Waals surface area contributed by atoms with Crippen molar-refractivity contribution >= 4 is 28.2 Å². The third-order valence-corrected chi connectivity index (χ3v) is 4.23. The number of fused-ring (bicyclic) bond motifs is 1. The van der Waals surface area contributed by atoms with E-state index in [1.165, 1.54) is 36.6 Å². The molecule has 1 amide bonds. The lowest BCUT2D eigenvalue weighted by atomic mass is 10.1. The first-order valence-corrected chi connectivity index (χ1v) is 7.47. The number of benzene rings is 1. The van der Waals surface area contributed by atoms with Crippen LogP contribution in [0, 0.1) is 5.82 Å². The van der Waals surface area contributed by atoms with Gasteiger partial charge in [-0.2, -0.15) is 0 Å². The van der Waals surface area contributed by atoms with E-state index < -0.39 is 11.8 Å². The maximum Gasteiger partial charge on any atom is 0.337 e. The minimum Gasteiger partial charge on any atom is -0.465 e. The molecule has 3 rings (SSSR count). The van der Waals surface area contributed by atoms with Gasteiger partial charge in [0.15, 0.2) is 4.96 Å². The van der Waals surface area contributed by atoms with Crippen molar-refractivity contribution in [3.05, 3.63) is 58.6 Å². The third kappa shape index (κ3) is 3.07. The molecular formula is C15H12FN3O3S. The van der Waals surface area contributed by atoms with E-state index in [1.807, 2.05) is 0 Å². The molecule has 0 saturated carbocycles. The summed E-state index contributed by atoms with van der Waals surface area (Å²) in [5.41, 5.74) is 0.440. The van der Waals surface area contributed by atoms with Gasteiger partial charge >= 0.3 is 5.97 Å². The van der Waals surface area contributed by atoms with Crippen LogP contribution in [-0.4, -0.2) is 28.4 Å². The highest BCUT2D eigenvalue weighted by molar-refractivity contribution is 7.18. The van der Waals surface area contributed by atoms with Crippen LogP contribution in [0.3, 0.4) is 0 Å². The number of rotatable bonds is 4. The van der Waals surface area contributed by atoms with Crippen molar-refractivity contribution < 1.29 is 18.7 Å². The van der Waals surface area contributed by atoms with Gasteiger partial charge in [0, 0.05) is 30.7 Å². The molecule has 1 N–H and O–H groups in total. The summed E-state index contributed by atoms with van der Waals surface area (Å²) in [4.78, 5) is 28.8. The lowest BCUT2D eigenvalue weighted by molar-refractivity contribution is 0.0600. The Morgan fingerprint density at radius 1 is 1.43 bits per heavy atom. The van der Waals surface area contributed by atoms with E-state index in [-0.39, 0.29) is 23.6 Å². The van der Waals surface area contributed by atoms with Crippen LogP contribution >= 0.6 is 11.3 Å². The van der Waals surface area contributed by atoms with Gasteiger partial charge in [-0.25, -0.2) is 14.2 Å². The van der Waals surface area contributed by atoms with Gasteiger partial charge in [0.2, 0.25) is 0 Å². The number of nitrogens with zero attached hydrogens (tertiary/aromatic N) is 2. The van der Waals surface area contributed by atoms with Crippen molar-refractivity contribution in [2.75, 3.05) is 7.11 Å². The summed E-state index contributed by atoms with van der Waals surface area (Å²) < 4.78 is 20.1. The third-order valence-electron chi connectivity index (χ3n) is 3.22. The normalized spacial score (nSPS) is 10.7. The van der Waals surface area contributed by atoms with Gasteiger partial charge in [0.1, 0.15) is 10.7 Å². The first-order valence-electron chi connectivity index (χ1n) is 6.66. The Balaban J connectivity index is 1.73. The lowest BCUT2D eigenvalue weighted by Crippen LogP contribution is -2.22. The van der Waals surface area contributed by atoms with Crippen molar-refractivity contribution in [3.63, 3.8) is 0 Å². The Morgan fingerprint density at radius 2 is 2.26 bits per heavy atom. The molecule has 2 aromatic heterocycles. The molecule has 118 valence electrons. The van der Waals surface area contributed by atoms with E-state index in [9.17, 15) is 14.0 Å². The minimum absolute atomic E-state index is 0.0320. The molecule has 0 fully saturated rings. The molecule has 0 bridgehead atoms. The summed E-state index contributed by atoms with van der Waals surface area (Å²) in [7, 11) is 1.25. The number of carbonyl (C=O) groups excluding carboxylic acids is 2. The van der Waals surface area contributed by atoms with Crippen molar-refractivity contribution in [1.29, 1.82) is 0 Å². The zero-order valence-electron chi connectivity index (χ0n) is 12.1. The minimum atomic E-state index is -0.558. The van der Waals surface area contributed by atoms with Crippen LogP contribution in [-0.2, 0) is 11.3 Å². The number of hydrogen-bond donors (Lipinski definition) is 1. The molecule has 6 nitrogen and oxygen atoms in total. The van der Waals surface area contributed by atoms with Gasteiger partial charge in [-0.1, -0.05) is 11.3 Å². The first-order chi connectivity index (χ1) is 11.1. The Bertz CT molecular complexity index is 859. The largest absolute Gasteiger partial charge is 0.465 e. The highest BCUT2D eigenvalue weighted by Gasteiger charge is 2.13. The highest BCUT2D eigenvalue weighted by atomic mass is 32.1. The fourth-order valence-electron chi connectivity index (χ4n) is 2.05. The van der Waals surface area contributed by atoms with Crippen LogP contribution in [0.1, 0.15) is 25.6 Å². The molecule has 0 unspecified atom stereocenters. The summed E-state index contributed by atoms with van der Waals surface area (Å²) in [6.45, 7) is -0.0320. The molecule has 0 atom stereocenters. The molecule has 0 saturated heterocycles. The molecular weight excluding hydrogens is 321 g/mol. The van der Waals surface area contributed by atoms with Crippen molar-refractivity contribution in [1.82, 2.24) is 14.7 Å². The number of halogens is 1. The predicted molar refractivity (Wildman–Crippen MR) is 82.0 cm³/mol. The van der Waals surface area contributed by atoms with Crippen LogP contribution in [0.5, 0.6) is 0 Å². The number of nitrogens with one attached hydrogen (secondary N) is 1. The van der Waals surface area contributed by atoms with Gasteiger partial charge in [-0.05, 0) is 18.2 Å². The Morgan fingerprint density at radius 3 is 3.00 bits per heavy atom. The van der Waals surface area contributed by atoms with E-state index in [0.717, 1.165) is 0 Å². The summed E-state index contributed by atoms with van der Waals surface area (Å²) in [6.07, 6.45) is 5.03. The number of carbonyl (C=O) groups is 2. The van der Waals surface area contributed by atoms with Crippen molar-refractivity contribution in [3.8, 4) is 0 Å². The standard InChI is InChI=1S/C15H12FN3O3S/c1-22-14(21)9-2-3-11(16)10(6-9)7-18-13(20)12-8-19-5-4-17-15(19)23-12/h2-6,8H,7H2,1H3,(H,18,20). The van der Waals surface area contributed by atoms with Crippen LogP contribution in [0.15, 0.2) is 36.8 Å². The second kappa shape index (κ2) is 6.17. The van der Waals surface area contributed by atoms with Crippen LogP contribution in [0.25, 0.3) is 4.96 Å². The van der Waals surface area contributed by atoms with Gasteiger partial charge in [-0.15, -0.1) is 0 Å². The highest BCUT2D eigenvalue weighted by Crippen LogP contribution is 2.17. The molecule has 0 aliphatic rings. The second-order valence-corrected chi connectivity index (χ2v) is 5.70. The number of thiazole rings is 1. The monoisotopic (exact) mass is 333 g/mol. The Hall–Kier alpha value is -2.74. The fraction of sp³-hybridized carbons (Fsp3) is 0.133. The van der Waals surface area contributed by atoms with Crippen LogP contribution in [0.2, 0.25) is 0 Å². The summed E-state index contributed by atoms with van der Waals surface area (Å²) >= 11 is 1.23. The van der Waals surface area contributed by atoms with Gasteiger partial charge < -0.3 is 10.1 Å². The maximum absolute atomic E-state index is 13.8. The van der Waals surface area contributed by atoms with E-state index >= 15 is 0 Å². The quantitative estimate of drug-likeness (QED) is 0.743. The molecule has 23 heavy (non-hydrogen) atoms. The molecule has 1 aromatic carbocycles. The average molecular weight is 333 g/mol. The van der Waals surface area contributed by atoms with Crippen molar-refractivity contribution in [2.24, 2.45) is 0 Å². The fourth-order valence-corrected chi connectivity index (χ4v) is 2.91. The molecule has 0 aliphatic carbocycles. The maximum atomic E-state index is 13.8. The van der Waals surface area contributed by atoms with Gasteiger partial charge in [0.05, 0.1) is 12.7 Å². The van der Waals surface area contributed by atoms with E-state index in [4.69, 9.17) is 0 Å². The lowest BCUT2D eigenvalue weighted by Gasteiger charge is -2.07. The molecule has 3 aromatic rings. The summed E-state index contributed by atoms with van der Waals surface area (Å²) in [5.74, 6) is -1.39. The molecule has 0 aliphatic heterocycles. The number of aromatic nitrogens is 2. The number of methoxy groups -OCH3 is 1. The number of esters is 1. The molecule has 8 heteroatoms. The number of hydrogen-bond acceptors (Lipinski definition) is 5. The number of imidazole rings is 1. The Kier molecular flexibility index (Phi) is 4.07. The molecule has 0 radical (unpaired) electrons. The first kappa shape index (κ1) is 15.2. The smallest absolute Gasteiger partial charge is 0.337 e. The van der Waals surface area contributed by atoms with E-state index in [1.54, 1.807) is 23.0 Å². The van der Waals surface area contributed by atoms with Crippen LogP contribution in [0.4, 0.5) is 4.39 Å². The van der Waals surface area contributed by atoms with Gasteiger partial charge in [-0.3, -0.25) is 9.20 Å². The predicted octanol–water partition coefficient (Wildman–Crippen LogP) is 2.25. The number of amides is 1. The van der Waals surface area contributed by atoms with Crippen LogP contribution < -0.4 is 5.32 Å². The average Bonchev–Trinajstić information content (AvgIpc) is 3.14. The topological polar surface area (TPSA) is 72.7 Å². The van der Waals surface area contributed by atoms with Gasteiger partial charge in [0.25, 0.3) is 5.91 Å². The summed E-state index contributed by atoms with van der Waals surface area (Å²) in [6, 6.07) is 3.87. The zero-order chi connectivity index (χ0) is 16.4. The van der Waals surface area contributed by atoms with E-state index in [2.05, 4.69) is 15.0 Å². The number of ether oxygens (including phenoxy) is 1. The van der Waals surface area contributed by atoms with Crippen molar-refractivity contribution in [2.45, 2.75) is 6.54 Å². The second-order valence-electron chi connectivity index (χ2n) is 4.69. The molecule has 2 heterocycles. The molecule has 0 spiro atoms.